The van der Waals surface area contributed by atoms with Gasteiger partial charge in [0, 0.05) is 0 Å². The van der Waals surface area contributed by atoms with E-state index in [1.807, 2.05) is 0 Å². The summed E-state index contributed by atoms with van der Waals surface area (Å²) < 4.78 is 0. The number of nitrogens with zero attached hydrogens (tertiary/aromatic N) is 1. The van der Waals surface area contributed by atoms with E-state index in [9.17, 15) is 9.90 Å². The molecule has 3 N–H and O–H groups in total. The van der Waals surface area contributed by atoms with E-state index in [0.29, 0.717) is 6.42 Å². The minimum atomic E-state index is -0.965. The van der Waals surface area contributed by atoms with Crippen LogP contribution in [-0.4, -0.2) is 41.1 Å². The van der Waals surface area contributed by atoms with Crippen LogP contribution in [0.1, 0.15) is 39.5 Å². The molecule has 1 rings (SSSR count). The molecule has 0 aromatic rings. The molecule has 0 saturated heterocycles. The van der Waals surface area contributed by atoms with Gasteiger partial charge in [-0.2, -0.15) is 0 Å². The highest BCUT2D eigenvalue weighted by molar-refractivity contribution is 5.79. The third-order valence-electron chi connectivity index (χ3n) is 3.96. The molecule has 16 heavy (non-hydrogen) atoms. The summed E-state index contributed by atoms with van der Waals surface area (Å²) in [6.07, 6.45) is 3.45. The first-order valence-corrected chi connectivity index (χ1v) is 6.29. The Bertz CT molecular complexity index is 241. The number of carbonyl (C=O) groups is 1. The van der Waals surface area contributed by atoms with Crippen LogP contribution in [0.15, 0.2) is 0 Å². The van der Waals surface area contributed by atoms with E-state index in [1.54, 1.807) is 0 Å². The number of carboxylic acids is 1. The van der Waals surface area contributed by atoms with Gasteiger partial charge < -0.3 is 15.7 Å². The van der Waals surface area contributed by atoms with Gasteiger partial charge in [0.1, 0.15) is 5.54 Å². The minimum Gasteiger partial charge on any atom is -0.480 e. The van der Waals surface area contributed by atoms with Crippen molar-refractivity contribution in [2.45, 2.75) is 45.1 Å². The summed E-state index contributed by atoms with van der Waals surface area (Å²) in [7, 11) is 0. The van der Waals surface area contributed by atoms with Gasteiger partial charge >= 0.3 is 5.97 Å². The van der Waals surface area contributed by atoms with Crippen molar-refractivity contribution in [3.63, 3.8) is 0 Å². The highest BCUT2D eigenvalue weighted by atomic mass is 16.4. The fourth-order valence-electron chi connectivity index (χ4n) is 2.66. The second-order valence-corrected chi connectivity index (χ2v) is 4.75. The van der Waals surface area contributed by atoms with Crippen LogP contribution in [0.2, 0.25) is 0 Å². The van der Waals surface area contributed by atoms with Gasteiger partial charge in [0.2, 0.25) is 0 Å². The van der Waals surface area contributed by atoms with Gasteiger partial charge in [-0.1, -0.05) is 20.3 Å². The van der Waals surface area contributed by atoms with Crippen molar-refractivity contribution in [1.82, 2.24) is 4.90 Å². The molecule has 0 amide bonds. The molecule has 2 atom stereocenters. The molecular weight excluding hydrogens is 204 g/mol. The Kier molecular flexibility index (Phi) is 4.74. The smallest absolute Gasteiger partial charge is 0.323 e. The van der Waals surface area contributed by atoms with Crippen molar-refractivity contribution in [2.24, 2.45) is 11.7 Å². The topological polar surface area (TPSA) is 66.6 Å². The van der Waals surface area contributed by atoms with E-state index >= 15 is 0 Å². The molecule has 1 aliphatic rings. The number of nitrogens with two attached hydrogens (primary N) is 1. The largest absolute Gasteiger partial charge is 0.480 e. The van der Waals surface area contributed by atoms with Crippen LogP contribution < -0.4 is 5.73 Å². The number of carboxylic acid groups (broad SMARTS) is 1. The predicted octanol–water partition coefficient (Wildman–Crippen LogP) is 1.30. The van der Waals surface area contributed by atoms with Gasteiger partial charge in [-0.05, 0) is 44.8 Å². The lowest BCUT2D eigenvalue weighted by atomic mass is 9.85. The lowest BCUT2D eigenvalue weighted by molar-refractivity contribution is -0.144. The molecule has 0 spiro atoms. The van der Waals surface area contributed by atoms with Crippen LogP contribution in [0, 0.1) is 5.92 Å². The summed E-state index contributed by atoms with van der Waals surface area (Å²) in [6.45, 7) is 7.27. The Morgan fingerprint density at radius 2 is 2.12 bits per heavy atom. The van der Waals surface area contributed by atoms with Crippen molar-refractivity contribution in [1.29, 1.82) is 0 Å². The van der Waals surface area contributed by atoms with Crippen molar-refractivity contribution in [3.05, 3.63) is 0 Å². The number of hydrogen-bond donors (Lipinski definition) is 2. The second-order valence-electron chi connectivity index (χ2n) is 4.75. The van der Waals surface area contributed by atoms with Crippen molar-refractivity contribution in [3.8, 4) is 0 Å². The molecular formula is C12H24N2O2. The fourth-order valence-corrected chi connectivity index (χ4v) is 2.66. The summed E-state index contributed by atoms with van der Waals surface area (Å²) >= 11 is 0. The normalized spacial score (nSPS) is 29.9. The summed E-state index contributed by atoms with van der Waals surface area (Å²) in [5.41, 5.74) is 5.03. The van der Waals surface area contributed by atoms with Crippen molar-refractivity contribution >= 4 is 5.97 Å². The molecule has 2 unspecified atom stereocenters. The molecule has 0 aliphatic heterocycles. The van der Waals surface area contributed by atoms with E-state index < -0.39 is 11.5 Å². The van der Waals surface area contributed by atoms with Gasteiger partial charge in [0.15, 0.2) is 0 Å². The molecule has 1 aliphatic carbocycles. The first-order chi connectivity index (χ1) is 7.54. The van der Waals surface area contributed by atoms with Crippen LogP contribution in [0.4, 0.5) is 0 Å². The highest BCUT2D eigenvalue weighted by Crippen LogP contribution is 2.36. The number of rotatable bonds is 6. The molecule has 0 bridgehead atoms. The number of aliphatic carboxylic acids is 1. The summed E-state index contributed by atoms with van der Waals surface area (Å²) in [4.78, 5) is 13.5. The molecule has 4 heteroatoms. The molecule has 0 aromatic carbocycles. The third kappa shape index (κ3) is 2.74. The predicted molar refractivity (Wildman–Crippen MR) is 64.3 cm³/mol. The van der Waals surface area contributed by atoms with E-state index in [0.717, 1.165) is 38.9 Å². The van der Waals surface area contributed by atoms with Crippen molar-refractivity contribution in [2.75, 3.05) is 19.6 Å². The highest BCUT2D eigenvalue weighted by Gasteiger charge is 2.45. The molecule has 1 saturated carbocycles. The lowest BCUT2D eigenvalue weighted by Crippen LogP contribution is -2.51. The average molecular weight is 228 g/mol. The van der Waals surface area contributed by atoms with Crippen molar-refractivity contribution < 1.29 is 9.90 Å². The Hall–Kier alpha value is -0.610. The minimum absolute atomic E-state index is 0.144. The Morgan fingerprint density at radius 1 is 1.50 bits per heavy atom. The summed E-state index contributed by atoms with van der Waals surface area (Å²) in [5.74, 6) is -0.680. The Labute approximate surface area is 97.8 Å². The molecule has 0 heterocycles. The van der Waals surface area contributed by atoms with E-state index in [1.165, 1.54) is 0 Å². The second kappa shape index (κ2) is 5.64. The molecule has 0 aromatic heterocycles. The quantitative estimate of drug-likeness (QED) is 0.719. The van der Waals surface area contributed by atoms with Gasteiger partial charge in [0.25, 0.3) is 0 Å². The maximum Gasteiger partial charge on any atom is 0.323 e. The molecule has 4 nitrogen and oxygen atoms in total. The Balaban J connectivity index is 2.50. The monoisotopic (exact) mass is 228 g/mol. The zero-order chi connectivity index (χ0) is 12.2. The zero-order valence-electron chi connectivity index (χ0n) is 10.4. The van der Waals surface area contributed by atoms with Crippen LogP contribution in [0.25, 0.3) is 0 Å². The van der Waals surface area contributed by atoms with Crippen LogP contribution >= 0.6 is 0 Å². The summed E-state index contributed by atoms with van der Waals surface area (Å²) in [6, 6.07) is 0. The fraction of sp³-hybridized carbons (Fsp3) is 0.917. The van der Waals surface area contributed by atoms with Crippen LogP contribution in [0.3, 0.4) is 0 Å². The maximum absolute atomic E-state index is 11.2. The van der Waals surface area contributed by atoms with E-state index in [-0.39, 0.29) is 5.92 Å². The standard InChI is InChI=1S/C12H24N2O2/c1-3-14(4-2)9-7-10-6-5-8-12(10,13)11(15)16/h10H,3-9,13H2,1-2H3,(H,15,16). The summed E-state index contributed by atoms with van der Waals surface area (Å²) in [5, 5.41) is 9.18. The SMILES string of the molecule is CCN(CC)CCC1CCCC1(N)C(=O)O. The number of hydrogen-bond acceptors (Lipinski definition) is 3. The third-order valence-corrected chi connectivity index (χ3v) is 3.96. The first kappa shape index (κ1) is 13.5. The average Bonchev–Trinajstić information content (AvgIpc) is 2.63. The van der Waals surface area contributed by atoms with Crippen LogP contribution in [0.5, 0.6) is 0 Å². The van der Waals surface area contributed by atoms with Gasteiger partial charge in [-0.15, -0.1) is 0 Å². The molecule has 0 radical (unpaired) electrons. The van der Waals surface area contributed by atoms with Gasteiger partial charge in [-0.3, -0.25) is 4.79 Å². The van der Waals surface area contributed by atoms with Gasteiger partial charge in [-0.25, -0.2) is 0 Å². The Morgan fingerprint density at radius 3 is 2.62 bits per heavy atom. The maximum atomic E-state index is 11.2. The van der Waals surface area contributed by atoms with Crippen LogP contribution in [-0.2, 0) is 4.79 Å². The molecule has 94 valence electrons. The zero-order valence-corrected chi connectivity index (χ0v) is 10.4. The van der Waals surface area contributed by atoms with E-state index in [4.69, 9.17) is 5.73 Å². The van der Waals surface area contributed by atoms with E-state index in [2.05, 4.69) is 18.7 Å². The lowest BCUT2D eigenvalue weighted by Gasteiger charge is -2.29. The van der Waals surface area contributed by atoms with Gasteiger partial charge in [0.05, 0.1) is 0 Å². The first-order valence-electron chi connectivity index (χ1n) is 6.29. The molecule has 1 fully saturated rings.